The Labute approximate surface area is 157 Å². The Balaban J connectivity index is 4.50. The number of rotatable bonds is 13. The molecule has 0 aliphatic rings. The molecule has 0 rings (SSSR count). The predicted molar refractivity (Wildman–Crippen MR) is 110 cm³/mol. The van der Waals surface area contributed by atoms with Gasteiger partial charge in [0, 0.05) is 6.42 Å². The van der Waals surface area contributed by atoms with Gasteiger partial charge in [-0.25, -0.2) is 0 Å². The average Bonchev–Trinajstić information content (AvgIpc) is 2.51. The summed E-state index contributed by atoms with van der Waals surface area (Å²) in [5.41, 5.74) is 2.68. The van der Waals surface area contributed by atoms with Crippen molar-refractivity contribution in [2.75, 3.05) is 0 Å². The molecule has 0 fully saturated rings. The fourth-order valence-electron chi connectivity index (χ4n) is 2.89. The van der Waals surface area contributed by atoms with Crippen molar-refractivity contribution in [3.05, 3.63) is 23.3 Å². The second kappa shape index (κ2) is 14.2. The fourth-order valence-corrected chi connectivity index (χ4v) is 2.89. The van der Waals surface area contributed by atoms with Gasteiger partial charge in [0.1, 0.15) is 6.10 Å². The fraction of sp³-hybridized carbons (Fsp3) is 0.783. The van der Waals surface area contributed by atoms with Crippen LogP contribution in [0.1, 0.15) is 99.8 Å². The molecule has 0 heterocycles. The number of allylic oxidation sites excluding steroid dienone is 3. The van der Waals surface area contributed by atoms with Gasteiger partial charge in [-0.15, -0.1) is 0 Å². The number of carbonyl (C=O) groups is 1. The number of carbonyl (C=O) groups excluding carboxylic acids is 1. The van der Waals surface area contributed by atoms with Crippen molar-refractivity contribution >= 4 is 5.97 Å². The van der Waals surface area contributed by atoms with Crippen molar-refractivity contribution in [3.8, 4) is 0 Å². The largest absolute Gasteiger partial charge is 0.458 e. The zero-order valence-electron chi connectivity index (χ0n) is 17.9. The summed E-state index contributed by atoms with van der Waals surface area (Å²) < 4.78 is 5.66. The van der Waals surface area contributed by atoms with Crippen molar-refractivity contribution in [2.45, 2.75) is 106 Å². The normalized spacial score (nSPS) is 14.3. The molecule has 0 spiro atoms. The third-order valence-electron chi connectivity index (χ3n) is 4.56. The quantitative estimate of drug-likeness (QED) is 0.258. The van der Waals surface area contributed by atoms with E-state index >= 15 is 0 Å². The molecule has 2 unspecified atom stereocenters. The van der Waals surface area contributed by atoms with Crippen LogP contribution in [0.2, 0.25) is 0 Å². The Hall–Kier alpha value is -1.05. The molecule has 2 atom stereocenters. The van der Waals surface area contributed by atoms with E-state index in [1.165, 1.54) is 30.4 Å². The summed E-state index contributed by atoms with van der Waals surface area (Å²) in [5, 5.41) is 0. The van der Waals surface area contributed by atoms with Crippen molar-refractivity contribution in [1.82, 2.24) is 0 Å². The monoisotopic (exact) mass is 350 g/mol. The standard InChI is InChI=1S/C23H42O2/c1-8-23(24)25-22(17-21(7)14-10-12-19(4)5)16-15-20(6)13-9-11-18(2)3/h12,17-18,20,22H,8-11,13-16H2,1-7H3/b21-17+. The summed E-state index contributed by atoms with van der Waals surface area (Å²) in [6.07, 6.45) is 12.9. The lowest BCUT2D eigenvalue weighted by Gasteiger charge is -2.18. The van der Waals surface area contributed by atoms with E-state index in [4.69, 9.17) is 4.74 Å². The number of ether oxygens (including phenoxy) is 1. The third kappa shape index (κ3) is 15.0. The number of esters is 1. The summed E-state index contributed by atoms with van der Waals surface area (Å²) in [7, 11) is 0. The Morgan fingerprint density at radius 3 is 2.24 bits per heavy atom. The maximum absolute atomic E-state index is 11.7. The molecule has 2 heteroatoms. The van der Waals surface area contributed by atoms with Gasteiger partial charge in [-0.2, -0.15) is 0 Å². The highest BCUT2D eigenvalue weighted by atomic mass is 16.5. The molecular weight excluding hydrogens is 308 g/mol. The number of hydrogen-bond acceptors (Lipinski definition) is 2. The minimum Gasteiger partial charge on any atom is -0.458 e. The SMILES string of the molecule is CCC(=O)OC(/C=C(\C)CCC=C(C)C)CCC(C)CCCC(C)C. The molecule has 0 aromatic rings. The Kier molecular flexibility index (Phi) is 13.6. The van der Waals surface area contributed by atoms with E-state index in [0.717, 1.165) is 31.6 Å². The van der Waals surface area contributed by atoms with E-state index in [1.807, 2.05) is 6.92 Å². The first-order valence-corrected chi connectivity index (χ1v) is 10.2. The Morgan fingerprint density at radius 1 is 1.00 bits per heavy atom. The first-order valence-electron chi connectivity index (χ1n) is 10.2. The third-order valence-corrected chi connectivity index (χ3v) is 4.56. The van der Waals surface area contributed by atoms with Crippen LogP contribution < -0.4 is 0 Å². The first kappa shape index (κ1) is 23.9. The number of hydrogen-bond donors (Lipinski definition) is 0. The minimum absolute atomic E-state index is 0.0632. The van der Waals surface area contributed by atoms with Crippen LogP contribution >= 0.6 is 0 Å². The topological polar surface area (TPSA) is 26.3 Å². The van der Waals surface area contributed by atoms with E-state index < -0.39 is 0 Å². The van der Waals surface area contributed by atoms with E-state index in [2.05, 4.69) is 53.7 Å². The van der Waals surface area contributed by atoms with Gasteiger partial charge in [0.25, 0.3) is 0 Å². The first-order chi connectivity index (χ1) is 11.7. The molecule has 0 aromatic heterocycles. The summed E-state index contributed by atoms with van der Waals surface area (Å²) in [4.78, 5) is 11.7. The van der Waals surface area contributed by atoms with Gasteiger partial charge in [-0.3, -0.25) is 4.79 Å². The van der Waals surface area contributed by atoms with Crippen LogP contribution in [0.15, 0.2) is 23.3 Å². The van der Waals surface area contributed by atoms with Crippen LogP contribution in [-0.4, -0.2) is 12.1 Å². The summed E-state index contributed by atoms with van der Waals surface area (Å²) in [5.74, 6) is 1.39. The van der Waals surface area contributed by atoms with Gasteiger partial charge in [0.15, 0.2) is 0 Å². The van der Waals surface area contributed by atoms with Gasteiger partial charge >= 0.3 is 5.97 Å². The highest BCUT2D eigenvalue weighted by Crippen LogP contribution is 2.20. The molecule has 0 bridgehead atoms. The van der Waals surface area contributed by atoms with Crippen molar-refractivity contribution in [3.63, 3.8) is 0 Å². The lowest BCUT2D eigenvalue weighted by Crippen LogP contribution is -2.17. The summed E-state index contributed by atoms with van der Waals surface area (Å²) in [6, 6.07) is 0. The zero-order chi connectivity index (χ0) is 19.2. The van der Waals surface area contributed by atoms with E-state index in [-0.39, 0.29) is 12.1 Å². The maximum Gasteiger partial charge on any atom is 0.306 e. The molecule has 146 valence electrons. The van der Waals surface area contributed by atoms with Gasteiger partial charge in [-0.05, 0) is 64.4 Å². The van der Waals surface area contributed by atoms with Crippen molar-refractivity contribution in [2.24, 2.45) is 11.8 Å². The van der Waals surface area contributed by atoms with Crippen LogP contribution in [0.5, 0.6) is 0 Å². The molecule has 2 nitrogen and oxygen atoms in total. The molecule has 25 heavy (non-hydrogen) atoms. The second-order valence-corrected chi connectivity index (χ2v) is 8.22. The molecule has 0 aromatic carbocycles. The lowest BCUT2D eigenvalue weighted by atomic mass is 9.94. The van der Waals surface area contributed by atoms with Crippen LogP contribution in [0.3, 0.4) is 0 Å². The second-order valence-electron chi connectivity index (χ2n) is 8.22. The highest BCUT2D eigenvalue weighted by Gasteiger charge is 2.13. The Morgan fingerprint density at radius 2 is 1.68 bits per heavy atom. The summed E-state index contributed by atoms with van der Waals surface area (Å²) in [6.45, 7) is 15.2. The molecule has 0 radical (unpaired) electrons. The zero-order valence-corrected chi connectivity index (χ0v) is 17.9. The van der Waals surface area contributed by atoms with Gasteiger partial charge < -0.3 is 4.74 Å². The van der Waals surface area contributed by atoms with E-state index in [0.29, 0.717) is 12.3 Å². The van der Waals surface area contributed by atoms with Gasteiger partial charge in [0.2, 0.25) is 0 Å². The molecule has 0 aliphatic carbocycles. The van der Waals surface area contributed by atoms with E-state index in [9.17, 15) is 4.79 Å². The molecule has 0 saturated heterocycles. The lowest BCUT2D eigenvalue weighted by molar-refractivity contribution is -0.146. The highest BCUT2D eigenvalue weighted by molar-refractivity contribution is 5.69. The molecule has 0 aliphatic heterocycles. The molecular formula is C23H42O2. The minimum atomic E-state index is -0.0918. The Bertz CT molecular complexity index is 414. The predicted octanol–water partition coefficient (Wildman–Crippen LogP) is 7.24. The van der Waals surface area contributed by atoms with E-state index in [1.54, 1.807) is 0 Å². The molecule has 0 amide bonds. The molecule has 0 N–H and O–H groups in total. The van der Waals surface area contributed by atoms with Gasteiger partial charge in [0.05, 0.1) is 0 Å². The average molecular weight is 351 g/mol. The van der Waals surface area contributed by atoms with Crippen LogP contribution in [0, 0.1) is 11.8 Å². The summed E-state index contributed by atoms with van der Waals surface area (Å²) >= 11 is 0. The van der Waals surface area contributed by atoms with Crippen LogP contribution in [0.4, 0.5) is 0 Å². The van der Waals surface area contributed by atoms with Crippen molar-refractivity contribution in [1.29, 1.82) is 0 Å². The van der Waals surface area contributed by atoms with Crippen LogP contribution in [-0.2, 0) is 9.53 Å². The molecule has 0 saturated carbocycles. The maximum atomic E-state index is 11.7. The smallest absolute Gasteiger partial charge is 0.306 e. The van der Waals surface area contributed by atoms with Crippen LogP contribution in [0.25, 0.3) is 0 Å². The van der Waals surface area contributed by atoms with Gasteiger partial charge in [-0.1, -0.05) is 64.2 Å². The van der Waals surface area contributed by atoms with Crippen molar-refractivity contribution < 1.29 is 9.53 Å².